The number of aryl methyl sites for hydroxylation is 1. The first-order chi connectivity index (χ1) is 9.28. The predicted octanol–water partition coefficient (Wildman–Crippen LogP) is 2.59. The average Bonchev–Trinajstić information content (AvgIpc) is 3.13. The summed E-state index contributed by atoms with van der Waals surface area (Å²) in [7, 11) is 0. The number of nitriles is 1. The van der Waals surface area contributed by atoms with Crippen molar-refractivity contribution < 1.29 is 0 Å². The van der Waals surface area contributed by atoms with Gasteiger partial charge >= 0.3 is 0 Å². The molecule has 2 aliphatic rings. The molecule has 1 aliphatic carbocycles. The maximum atomic E-state index is 9.03. The smallest absolute Gasteiger partial charge is 0.0994 e. The molecule has 1 unspecified atom stereocenters. The molecule has 1 saturated carbocycles. The predicted molar refractivity (Wildman–Crippen MR) is 77.3 cm³/mol. The van der Waals surface area contributed by atoms with Crippen LogP contribution in [0.5, 0.6) is 0 Å². The van der Waals surface area contributed by atoms with Crippen LogP contribution in [0.1, 0.15) is 36.8 Å². The maximum Gasteiger partial charge on any atom is 0.0994 e. The van der Waals surface area contributed by atoms with Crippen LogP contribution in [0.3, 0.4) is 0 Å². The second-order valence-electron chi connectivity index (χ2n) is 5.79. The Hall–Kier alpha value is -1.53. The SMILES string of the molecule is Cc1cc(N(CC2CCCN2)C2CC2)ccc1C#N. The molecule has 3 nitrogen and oxygen atoms in total. The van der Waals surface area contributed by atoms with Gasteiger partial charge in [-0.15, -0.1) is 0 Å². The highest BCUT2D eigenvalue weighted by molar-refractivity contribution is 5.55. The fraction of sp³-hybridized carbons (Fsp3) is 0.562. The van der Waals surface area contributed by atoms with E-state index in [1.165, 1.54) is 31.4 Å². The molecule has 2 fully saturated rings. The Bertz CT molecular complexity index is 493. The number of benzene rings is 1. The van der Waals surface area contributed by atoms with Gasteiger partial charge in [0.1, 0.15) is 0 Å². The van der Waals surface area contributed by atoms with Crippen LogP contribution in [0, 0.1) is 18.3 Å². The van der Waals surface area contributed by atoms with Crippen molar-refractivity contribution in [3.8, 4) is 6.07 Å². The summed E-state index contributed by atoms with van der Waals surface area (Å²) >= 11 is 0. The highest BCUT2D eigenvalue weighted by atomic mass is 15.2. The molecule has 1 aromatic rings. The van der Waals surface area contributed by atoms with Crippen molar-refractivity contribution >= 4 is 5.69 Å². The zero-order valence-electron chi connectivity index (χ0n) is 11.5. The minimum absolute atomic E-state index is 0.636. The molecule has 1 N–H and O–H groups in total. The van der Waals surface area contributed by atoms with Crippen LogP contribution in [0.4, 0.5) is 5.69 Å². The van der Waals surface area contributed by atoms with E-state index in [4.69, 9.17) is 5.26 Å². The molecule has 0 aromatic heterocycles. The average molecular weight is 255 g/mol. The van der Waals surface area contributed by atoms with Crippen molar-refractivity contribution in [3.63, 3.8) is 0 Å². The van der Waals surface area contributed by atoms with Gasteiger partial charge in [-0.25, -0.2) is 0 Å². The maximum absolute atomic E-state index is 9.03. The number of nitrogens with one attached hydrogen (secondary N) is 1. The van der Waals surface area contributed by atoms with Crippen LogP contribution in [-0.4, -0.2) is 25.2 Å². The van der Waals surface area contributed by atoms with Gasteiger partial charge in [0.05, 0.1) is 11.6 Å². The summed E-state index contributed by atoms with van der Waals surface area (Å²) in [5, 5.41) is 12.6. The topological polar surface area (TPSA) is 39.1 Å². The molecule has 19 heavy (non-hydrogen) atoms. The minimum Gasteiger partial charge on any atom is -0.367 e. The van der Waals surface area contributed by atoms with Gasteiger partial charge in [0.15, 0.2) is 0 Å². The fourth-order valence-electron chi connectivity index (χ4n) is 2.95. The van der Waals surface area contributed by atoms with Crippen molar-refractivity contribution in [1.82, 2.24) is 5.32 Å². The number of hydrogen-bond acceptors (Lipinski definition) is 3. The third-order valence-electron chi connectivity index (χ3n) is 4.23. The Morgan fingerprint density at radius 3 is 2.79 bits per heavy atom. The van der Waals surface area contributed by atoms with Gasteiger partial charge < -0.3 is 10.2 Å². The molecular formula is C16H21N3. The second kappa shape index (κ2) is 5.22. The number of nitrogens with zero attached hydrogens (tertiary/aromatic N) is 2. The van der Waals surface area contributed by atoms with Gasteiger partial charge in [-0.05, 0) is 62.9 Å². The largest absolute Gasteiger partial charge is 0.367 e. The molecule has 3 rings (SSSR count). The van der Waals surface area contributed by atoms with Crippen LogP contribution < -0.4 is 10.2 Å². The lowest BCUT2D eigenvalue weighted by Gasteiger charge is -2.28. The van der Waals surface area contributed by atoms with E-state index in [-0.39, 0.29) is 0 Å². The first-order valence-corrected chi connectivity index (χ1v) is 7.28. The van der Waals surface area contributed by atoms with E-state index in [1.54, 1.807) is 0 Å². The third kappa shape index (κ3) is 2.74. The quantitative estimate of drug-likeness (QED) is 0.899. The molecule has 0 spiro atoms. The lowest BCUT2D eigenvalue weighted by atomic mass is 10.1. The van der Waals surface area contributed by atoms with Crippen LogP contribution in [0.2, 0.25) is 0 Å². The number of hydrogen-bond donors (Lipinski definition) is 1. The molecule has 0 bridgehead atoms. The van der Waals surface area contributed by atoms with E-state index in [1.807, 2.05) is 13.0 Å². The molecule has 3 heteroatoms. The zero-order valence-corrected chi connectivity index (χ0v) is 11.5. The Morgan fingerprint density at radius 2 is 2.21 bits per heavy atom. The van der Waals surface area contributed by atoms with Crippen LogP contribution in [-0.2, 0) is 0 Å². The summed E-state index contributed by atoms with van der Waals surface area (Å²) in [6.07, 6.45) is 5.21. The standard InChI is InChI=1S/C16H21N3/c1-12-9-16(5-4-13(12)10-17)19(15-6-7-15)11-14-3-2-8-18-14/h4-5,9,14-15,18H,2-3,6-8,11H2,1H3. The van der Waals surface area contributed by atoms with E-state index in [2.05, 4.69) is 28.4 Å². The molecule has 1 atom stereocenters. The molecule has 1 saturated heterocycles. The van der Waals surface area contributed by atoms with Gasteiger partial charge in [-0.3, -0.25) is 0 Å². The van der Waals surface area contributed by atoms with Crippen LogP contribution in [0.25, 0.3) is 0 Å². The Balaban J connectivity index is 1.79. The lowest BCUT2D eigenvalue weighted by Crippen LogP contribution is -2.39. The molecule has 0 amide bonds. The van der Waals surface area contributed by atoms with E-state index < -0.39 is 0 Å². The highest BCUT2D eigenvalue weighted by Crippen LogP contribution is 2.33. The minimum atomic E-state index is 0.636. The Morgan fingerprint density at radius 1 is 1.37 bits per heavy atom. The van der Waals surface area contributed by atoms with Crippen LogP contribution >= 0.6 is 0 Å². The third-order valence-corrected chi connectivity index (χ3v) is 4.23. The van der Waals surface area contributed by atoms with Gasteiger partial charge in [-0.2, -0.15) is 5.26 Å². The molecule has 100 valence electrons. The summed E-state index contributed by atoms with van der Waals surface area (Å²) in [5.74, 6) is 0. The number of rotatable bonds is 4. The van der Waals surface area contributed by atoms with E-state index in [0.717, 1.165) is 30.3 Å². The second-order valence-corrected chi connectivity index (χ2v) is 5.79. The highest BCUT2D eigenvalue weighted by Gasteiger charge is 2.31. The van der Waals surface area contributed by atoms with Gasteiger partial charge in [0.25, 0.3) is 0 Å². The lowest BCUT2D eigenvalue weighted by molar-refractivity contribution is 0.578. The van der Waals surface area contributed by atoms with E-state index in [9.17, 15) is 0 Å². The number of anilines is 1. The Labute approximate surface area is 115 Å². The van der Waals surface area contributed by atoms with Gasteiger partial charge in [-0.1, -0.05) is 0 Å². The first kappa shape index (κ1) is 12.5. The molecule has 1 heterocycles. The van der Waals surface area contributed by atoms with E-state index >= 15 is 0 Å². The van der Waals surface area contributed by atoms with Crippen molar-refractivity contribution in [3.05, 3.63) is 29.3 Å². The van der Waals surface area contributed by atoms with Gasteiger partial charge in [0.2, 0.25) is 0 Å². The van der Waals surface area contributed by atoms with Crippen molar-refractivity contribution in [1.29, 1.82) is 5.26 Å². The van der Waals surface area contributed by atoms with Crippen LogP contribution in [0.15, 0.2) is 18.2 Å². The summed E-state index contributed by atoms with van der Waals surface area (Å²) in [6.45, 7) is 4.30. The normalized spacial score (nSPS) is 22.2. The molecule has 1 aliphatic heterocycles. The zero-order chi connectivity index (χ0) is 13.2. The van der Waals surface area contributed by atoms with Crippen molar-refractivity contribution in [2.45, 2.75) is 44.7 Å². The summed E-state index contributed by atoms with van der Waals surface area (Å²) < 4.78 is 0. The monoisotopic (exact) mass is 255 g/mol. The van der Waals surface area contributed by atoms with Crippen molar-refractivity contribution in [2.75, 3.05) is 18.0 Å². The first-order valence-electron chi connectivity index (χ1n) is 7.28. The molecule has 0 radical (unpaired) electrons. The van der Waals surface area contributed by atoms with E-state index in [0.29, 0.717) is 6.04 Å². The molecule has 1 aromatic carbocycles. The summed E-state index contributed by atoms with van der Waals surface area (Å²) in [6, 6.07) is 9.84. The Kier molecular flexibility index (Phi) is 3.44. The molecular weight excluding hydrogens is 234 g/mol. The summed E-state index contributed by atoms with van der Waals surface area (Å²) in [4.78, 5) is 2.54. The van der Waals surface area contributed by atoms with Crippen molar-refractivity contribution in [2.24, 2.45) is 0 Å². The van der Waals surface area contributed by atoms with Gasteiger partial charge in [0, 0.05) is 24.3 Å². The summed E-state index contributed by atoms with van der Waals surface area (Å²) in [5.41, 5.74) is 3.16. The fourth-order valence-corrected chi connectivity index (χ4v) is 2.95.